The maximum Gasteiger partial charge on any atom is 0.306 e. The van der Waals surface area contributed by atoms with Crippen molar-refractivity contribution in [2.45, 2.75) is 32.3 Å². The Morgan fingerprint density at radius 2 is 2.11 bits per heavy atom. The Morgan fingerprint density at radius 1 is 1.28 bits per heavy atom. The summed E-state index contributed by atoms with van der Waals surface area (Å²) >= 11 is 0. The molecule has 18 heavy (non-hydrogen) atoms. The van der Waals surface area contributed by atoms with Gasteiger partial charge in [-0.15, -0.1) is 0 Å². The highest BCUT2D eigenvalue weighted by Crippen LogP contribution is 2.13. The number of unbranched alkanes of at least 4 members (excludes halogenated alkanes) is 2. The molecular weight excluding hydrogens is 230 g/mol. The number of methoxy groups -OCH3 is 1. The van der Waals surface area contributed by atoms with E-state index >= 15 is 0 Å². The number of carbonyl (C=O) groups is 1. The van der Waals surface area contributed by atoms with E-state index in [1.807, 2.05) is 24.3 Å². The minimum Gasteiger partial charge on any atom is -0.497 e. The van der Waals surface area contributed by atoms with Gasteiger partial charge in [-0.3, -0.25) is 4.79 Å². The number of nitrogens with two attached hydrogens (primary N) is 1. The van der Waals surface area contributed by atoms with E-state index in [2.05, 4.69) is 0 Å². The van der Waals surface area contributed by atoms with Crippen LogP contribution >= 0.6 is 0 Å². The molecule has 0 fully saturated rings. The van der Waals surface area contributed by atoms with Crippen LogP contribution in [0.2, 0.25) is 0 Å². The molecule has 1 aromatic rings. The van der Waals surface area contributed by atoms with Crippen LogP contribution in [-0.2, 0) is 16.1 Å². The van der Waals surface area contributed by atoms with Gasteiger partial charge in [-0.1, -0.05) is 18.6 Å². The minimum atomic E-state index is -0.158. The SMILES string of the molecule is COc1cccc(COC(=O)CCCCCN)c1. The zero-order valence-corrected chi connectivity index (χ0v) is 10.9. The molecule has 1 aromatic carbocycles. The molecule has 1 rings (SSSR count). The van der Waals surface area contributed by atoms with Crippen molar-refractivity contribution in [2.24, 2.45) is 5.73 Å². The largest absolute Gasteiger partial charge is 0.497 e. The first-order chi connectivity index (χ1) is 8.76. The van der Waals surface area contributed by atoms with Crippen LogP contribution in [0.1, 0.15) is 31.2 Å². The van der Waals surface area contributed by atoms with E-state index in [-0.39, 0.29) is 5.97 Å². The van der Waals surface area contributed by atoms with Crippen LogP contribution in [0.3, 0.4) is 0 Å². The standard InChI is InChI=1S/C14H21NO3/c1-17-13-7-5-6-12(10-13)11-18-14(16)8-3-2-4-9-15/h5-7,10H,2-4,8-9,11,15H2,1H3. The molecule has 0 aromatic heterocycles. The molecule has 0 amide bonds. The zero-order chi connectivity index (χ0) is 13.2. The van der Waals surface area contributed by atoms with Gasteiger partial charge in [-0.2, -0.15) is 0 Å². The second-order valence-corrected chi connectivity index (χ2v) is 4.11. The van der Waals surface area contributed by atoms with Gasteiger partial charge in [-0.25, -0.2) is 0 Å². The average molecular weight is 251 g/mol. The monoisotopic (exact) mass is 251 g/mol. The number of esters is 1. The van der Waals surface area contributed by atoms with E-state index in [1.54, 1.807) is 7.11 Å². The smallest absolute Gasteiger partial charge is 0.306 e. The summed E-state index contributed by atoms with van der Waals surface area (Å²) in [6, 6.07) is 7.51. The molecule has 0 atom stereocenters. The van der Waals surface area contributed by atoms with Crippen LogP contribution < -0.4 is 10.5 Å². The van der Waals surface area contributed by atoms with E-state index in [4.69, 9.17) is 15.2 Å². The van der Waals surface area contributed by atoms with Crippen LogP contribution in [-0.4, -0.2) is 19.6 Å². The first-order valence-corrected chi connectivity index (χ1v) is 6.25. The van der Waals surface area contributed by atoms with Crippen LogP contribution in [0, 0.1) is 0 Å². The lowest BCUT2D eigenvalue weighted by Gasteiger charge is -2.06. The highest BCUT2D eigenvalue weighted by molar-refractivity contribution is 5.69. The predicted molar refractivity (Wildman–Crippen MR) is 70.3 cm³/mol. The fraction of sp³-hybridized carbons (Fsp3) is 0.500. The molecule has 4 nitrogen and oxygen atoms in total. The van der Waals surface area contributed by atoms with Gasteiger partial charge in [0.1, 0.15) is 12.4 Å². The fourth-order valence-electron chi connectivity index (χ4n) is 1.59. The van der Waals surface area contributed by atoms with E-state index in [1.165, 1.54) is 0 Å². The highest BCUT2D eigenvalue weighted by Gasteiger charge is 2.03. The number of rotatable bonds is 8. The first kappa shape index (κ1) is 14.5. The lowest BCUT2D eigenvalue weighted by molar-refractivity contribution is -0.145. The van der Waals surface area contributed by atoms with Crippen LogP contribution in [0.4, 0.5) is 0 Å². The van der Waals surface area contributed by atoms with Gasteiger partial charge in [0.15, 0.2) is 0 Å². The van der Waals surface area contributed by atoms with E-state index < -0.39 is 0 Å². The summed E-state index contributed by atoms with van der Waals surface area (Å²) in [7, 11) is 1.61. The van der Waals surface area contributed by atoms with Gasteiger partial charge in [0.05, 0.1) is 7.11 Å². The van der Waals surface area contributed by atoms with Crippen molar-refractivity contribution in [3.63, 3.8) is 0 Å². The third-order valence-electron chi connectivity index (χ3n) is 2.62. The molecule has 0 unspecified atom stereocenters. The topological polar surface area (TPSA) is 61.5 Å². The minimum absolute atomic E-state index is 0.158. The maximum absolute atomic E-state index is 11.4. The Hall–Kier alpha value is -1.55. The normalized spacial score (nSPS) is 10.1. The summed E-state index contributed by atoms with van der Waals surface area (Å²) in [5, 5.41) is 0. The van der Waals surface area contributed by atoms with Crippen molar-refractivity contribution < 1.29 is 14.3 Å². The summed E-state index contributed by atoms with van der Waals surface area (Å²) in [6.45, 7) is 0.978. The number of ether oxygens (including phenoxy) is 2. The maximum atomic E-state index is 11.4. The van der Waals surface area contributed by atoms with E-state index in [0.717, 1.165) is 30.6 Å². The molecule has 0 aliphatic heterocycles. The van der Waals surface area contributed by atoms with E-state index in [0.29, 0.717) is 19.6 Å². The molecule has 0 heterocycles. The third-order valence-corrected chi connectivity index (χ3v) is 2.62. The Labute approximate surface area is 108 Å². The molecule has 100 valence electrons. The molecule has 0 aliphatic carbocycles. The third kappa shape index (κ3) is 5.68. The Bertz CT molecular complexity index is 366. The van der Waals surface area contributed by atoms with Gasteiger partial charge in [0.2, 0.25) is 0 Å². The van der Waals surface area contributed by atoms with Crippen molar-refractivity contribution in [3.8, 4) is 5.75 Å². The quantitative estimate of drug-likeness (QED) is 0.568. The molecule has 0 aliphatic rings. The van der Waals surface area contributed by atoms with Gasteiger partial charge >= 0.3 is 5.97 Å². The lowest BCUT2D eigenvalue weighted by Crippen LogP contribution is -2.05. The molecule has 0 bridgehead atoms. The van der Waals surface area contributed by atoms with Gasteiger partial charge in [0, 0.05) is 6.42 Å². The van der Waals surface area contributed by atoms with Gasteiger partial charge in [-0.05, 0) is 37.1 Å². The summed E-state index contributed by atoms with van der Waals surface area (Å²) in [5.74, 6) is 0.612. The summed E-state index contributed by atoms with van der Waals surface area (Å²) in [4.78, 5) is 11.4. The molecule has 2 N–H and O–H groups in total. The second kappa shape index (κ2) is 8.53. The molecular formula is C14H21NO3. The van der Waals surface area contributed by atoms with Crippen molar-refractivity contribution >= 4 is 5.97 Å². The van der Waals surface area contributed by atoms with Gasteiger partial charge < -0.3 is 15.2 Å². The summed E-state index contributed by atoms with van der Waals surface area (Å²) in [6.07, 6.45) is 3.24. The number of carbonyl (C=O) groups excluding carboxylic acids is 1. The average Bonchev–Trinajstić information content (AvgIpc) is 2.41. The van der Waals surface area contributed by atoms with Crippen molar-refractivity contribution in [1.29, 1.82) is 0 Å². The van der Waals surface area contributed by atoms with Crippen molar-refractivity contribution in [3.05, 3.63) is 29.8 Å². The fourth-order valence-corrected chi connectivity index (χ4v) is 1.59. The van der Waals surface area contributed by atoms with Crippen LogP contribution in [0.25, 0.3) is 0 Å². The van der Waals surface area contributed by atoms with Crippen LogP contribution in [0.15, 0.2) is 24.3 Å². The first-order valence-electron chi connectivity index (χ1n) is 6.25. The zero-order valence-electron chi connectivity index (χ0n) is 10.9. The number of hydrogen-bond donors (Lipinski definition) is 1. The molecule has 0 saturated carbocycles. The highest BCUT2D eigenvalue weighted by atomic mass is 16.5. The summed E-state index contributed by atoms with van der Waals surface area (Å²) < 4.78 is 10.3. The van der Waals surface area contributed by atoms with Gasteiger partial charge in [0.25, 0.3) is 0 Å². The van der Waals surface area contributed by atoms with Crippen molar-refractivity contribution in [1.82, 2.24) is 0 Å². The molecule has 0 saturated heterocycles. The Balaban J connectivity index is 2.24. The lowest BCUT2D eigenvalue weighted by atomic mass is 10.2. The number of hydrogen-bond acceptors (Lipinski definition) is 4. The molecule has 0 radical (unpaired) electrons. The van der Waals surface area contributed by atoms with E-state index in [9.17, 15) is 4.79 Å². The summed E-state index contributed by atoms with van der Waals surface area (Å²) in [5.41, 5.74) is 6.31. The number of benzene rings is 1. The Kier molecular flexibility index (Phi) is 6.87. The second-order valence-electron chi connectivity index (χ2n) is 4.11. The molecule has 4 heteroatoms. The predicted octanol–water partition coefficient (Wildman–Crippen LogP) is 2.26. The molecule has 0 spiro atoms. The Morgan fingerprint density at radius 3 is 2.83 bits per heavy atom. The van der Waals surface area contributed by atoms with Crippen molar-refractivity contribution in [2.75, 3.05) is 13.7 Å². The van der Waals surface area contributed by atoms with Crippen LogP contribution in [0.5, 0.6) is 5.75 Å².